The minimum absolute atomic E-state index is 0.0149. The van der Waals surface area contributed by atoms with E-state index in [0.717, 1.165) is 13.2 Å². The largest absolute Gasteiger partial charge is 0.465 e. The predicted octanol–water partition coefficient (Wildman–Crippen LogP) is 4.80. The summed E-state index contributed by atoms with van der Waals surface area (Å²) in [6, 6.07) is 6.03. The van der Waals surface area contributed by atoms with Crippen molar-refractivity contribution in [2.45, 2.75) is 6.18 Å². The maximum absolute atomic E-state index is 12.7. The Morgan fingerprint density at radius 2 is 1.88 bits per heavy atom. The second-order valence-electron chi connectivity index (χ2n) is 4.79. The van der Waals surface area contributed by atoms with E-state index in [2.05, 4.69) is 10.1 Å². The highest BCUT2D eigenvalue weighted by molar-refractivity contribution is 6.31. The van der Waals surface area contributed by atoms with Gasteiger partial charge in [0.05, 0.1) is 28.8 Å². The molecule has 1 N–H and O–H groups in total. The first-order chi connectivity index (χ1) is 11.6. The number of carbonyl (C=O) groups excluding carboxylic acids is 1. The Hall–Kier alpha value is -2.81. The summed E-state index contributed by atoms with van der Waals surface area (Å²) in [7, 11) is 1.14. The van der Waals surface area contributed by atoms with Crippen LogP contribution in [0.25, 0.3) is 0 Å². The zero-order valence-corrected chi connectivity index (χ0v) is 13.3. The van der Waals surface area contributed by atoms with Crippen molar-refractivity contribution in [1.82, 2.24) is 0 Å². The molecule has 0 aliphatic heterocycles. The van der Waals surface area contributed by atoms with Gasteiger partial charge in [0.15, 0.2) is 0 Å². The van der Waals surface area contributed by atoms with Crippen LogP contribution in [0, 0.1) is 10.1 Å². The van der Waals surface area contributed by atoms with Crippen LogP contribution in [0.2, 0.25) is 5.02 Å². The Balaban J connectivity index is 2.52. The fourth-order valence-corrected chi connectivity index (χ4v) is 2.19. The van der Waals surface area contributed by atoms with Gasteiger partial charge in [-0.3, -0.25) is 10.1 Å². The third-order valence-electron chi connectivity index (χ3n) is 3.18. The third-order valence-corrected chi connectivity index (χ3v) is 3.41. The summed E-state index contributed by atoms with van der Waals surface area (Å²) < 4.78 is 42.8. The molecule has 6 nitrogen and oxygen atoms in total. The number of ether oxygens (including phenoxy) is 1. The van der Waals surface area contributed by atoms with Crippen LogP contribution in [-0.2, 0) is 10.9 Å². The molecule has 0 bridgehead atoms. The number of nitrogens with one attached hydrogen (secondary N) is 1. The maximum Gasteiger partial charge on any atom is 0.416 e. The number of hydrogen-bond donors (Lipinski definition) is 1. The van der Waals surface area contributed by atoms with Gasteiger partial charge < -0.3 is 10.1 Å². The summed E-state index contributed by atoms with van der Waals surface area (Å²) in [6.07, 6.45) is -4.73. The molecule has 0 heterocycles. The van der Waals surface area contributed by atoms with Gasteiger partial charge in [-0.1, -0.05) is 11.6 Å². The molecule has 0 radical (unpaired) electrons. The molecule has 0 aliphatic rings. The Labute approximate surface area is 144 Å². The predicted molar refractivity (Wildman–Crippen MR) is 84.2 cm³/mol. The first-order valence-corrected chi connectivity index (χ1v) is 7.02. The maximum atomic E-state index is 12.7. The molecule has 10 heteroatoms. The number of alkyl halides is 3. The standard InChI is InChI=1S/C15H10ClF3N2O4/c1-25-14(22)10-4-3-9(16)7-12(10)20-11-5-2-8(15(17,18)19)6-13(11)21(23)24/h2-7,20H,1H3. The van der Waals surface area contributed by atoms with Crippen LogP contribution in [0.1, 0.15) is 15.9 Å². The molecule has 2 rings (SSSR count). The SMILES string of the molecule is COC(=O)c1ccc(Cl)cc1Nc1ccc(C(F)(F)F)cc1[N+](=O)[O-]. The Morgan fingerprint density at radius 1 is 1.20 bits per heavy atom. The van der Waals surface area contributed by atoms with Crippen molar-refractivity contribution in [2.24, 2.45) is 0 Å². The lowest BCUT2D eigenvalue weighted by molar-refractivity contribution is -0.384. The fourth-order valence-electron chi connectivity index (χ4n) is 2.02. The summed E-state index contributed by atoms with van der Waals surface area (Å²) in [5.74, 6) is -0.742. The number of carbonyl (C=O) groups is 1. The molecule has 0 spiro atoms. The lowest BCUT2D eigenvalue weighted by Gasteiger charge is -2.13. The van der Waals surface area contributed by atoms with E-state index < -0.39 is 28.3 Å². The van der Waals surface area contributed by atoms with E-state index in [1.54, 1.807) is 0 Å². The summed E-state index contributed by atoms with van der Waals surface area (Å²) in [5, 5.41) is 13.9. The van der Waals surface area contributed by atoms with Crippen molar-refractivity contribution in [3.05, 3.63) is 62.7 Å². The molecule has 2 aromatic carbocycles. The summed E-state index contributed by atoms with van der Waals surface area (Å²) in [4.78, 5) is 21.9. The number of esters is 1. The van der Waals surface area contributed by atoms with E-state index in [-0.39, 0.29) is 22.0 Å². The smallest absolute Gasteiger partial charge is 0.416 e. The van der Waals surface area contributed by atoms with Gasteiger partial charge in [0.1, 0.15) is 5.69 Å². The van der Waals surface area contributed by atoms with Crippen LogP contribution in [-0.4, -0.2) is 18.0 Å². The Morgan fingerprint density at radius 3 is 2.44 bits per heavy atom. The van der Waals surface area contributed by atoms with E-state index in [4.69, 9.17) is 11.6 Å². The average molecular weight is 375 g/mol. The summed E-state index contributed by atoms with van der Waals surface area (Å²) >= 11 is 5.84. The van der Waals surface area contributed by atoms with Gasteiger partial charge in [0.2, 0.25) is 0 Å². The second-order valence-corrected chi connectivity index (χ2v) is 5.23. The highest BCUT2D eigenvalue weighted by atomic mass is 35.5. The minimum atomic E-state index is -4.73. The molecule has 25 heavy (non-hydrogen) atoms. The zero-order valence-electron chi connectivity index (χ0n) is 12.6. The van der Waals surface area contributed by atoms with Crippen molar-refractivity contribution in [3.8, 4) is 0 Å². The highest BCUT2D eigenvalue weighted by Crippen LogP contribution is 2.37. The zero-order chi connectivity index (χ0) is 18.8. The molecule has 2 aromatic rings. The molecule has 0 saturated carbocycles. The van der Waals surface area contributed by atoms with Crippen LogP contribution < -0.4 is 5.32 Å². The van der Waals surface area contributed by atoms with Crippen molar-refractivity contribution >= 4 is 34.6 Å². The Kier molecular flexibility index (Phi) is 5.17. The normalized spacial score (nSPS) is 11.1. The van der Waals surface area contributed by atoms with Gasteiger partial charge in [-0.05, 0) is 30.3 Å². The molecular weight excluding hydrogens is 365 g/mol. The number of rotatable bonds is 4. The minimum Gasteiger partial charge on any atom is -0.465 e. The second kappa shape index (κ2) is 6.98. The molecule has 0 unspecified atom stereocenters. The van der Waals surface area contributed by atoms with Gasteiger partial charge in [0.25, 0.3) is 5.69 Å². The van der Waals surface area contributed by atoms with E-state index in [1.807, 2.05) is 0 Å². The lowest BCUT2D eigenvalue weighted by Crippen LogP contribution is -2.08. The van der Waals surface area contributed by atoms with Gasteiger partial charge in [0, 0.05) is 11.1 Å². The highest BCUT2D eigenvalue weighted by Gasteiger charge is 2.33. The van der Waals surface area contributed by atoms with E-state index >= 15 is 0 Å². The molecule has 0 fully saturated rings. The third kappa shape index (κ3) is 4.18. The first kappa shape index (κ1) is 18.5. The van der Waals surface area contributed by atoms with E-state index in [1.165, 1.54) is 18.2 Å². The number of hydrogen-bond acceptors (Lipinski definition) is 5. The van der Waals surface area contributed by atoms with Crippen molar-refractivity contribution in [3.63, 3.8) is 0 Å². The number of anilines is 2. The van der Waals surface area contributed by atoms with Crippen LogP contribution >= 0.6 is 11.6 Å². The number of halogens is 4. The van der Waals surface area contributed by atoms with E-state index in [9.17, 15) is 28.1 Å². The molecular formula is C15H10ClF3N2O4. The van der Waals surface area contributed by atoms with Crippen LogP contribution in [0.4, 0.5) is 30.2 Å². The molecule has 0 aromatic heterocycles. The Bertz CT molecular complexity index is 840. The van der Waals surface area contributed by atoms with Gasteiger partial charge in [-0.25, -0.2) is 4.79 Å². The summed E-state index contributed by atoms with van der Waals surface area (Å²) in [5.41, 5.74) is -2.12. The van der Waals surface area contributed by atoms with Crippen molar-refractivity contribution in [1.29, 1.82) is 0 Å². The van der Waals surface area contributed by atoms with Gasteiger partial charge in [-0.2, -0.15) is 13.2 Å². The number of nitrogens with zero attached hydrogens (tertiary/aromatic N) is 1. The summed E-state index contributed by atoms with van der Waals surface area (Å²) in [6.45, 7) is 0. The lowest BCUT2D eigenvalue weighted by atomic mass is 10.1. The average Bonchev–Trinajstić information content (AvgIpc) is 2.53. The first-order valence-electron chi connectivity index (χ1n) is 6.64. The van der Waals surface area contributed by atoms with Gasteiger partial charge in [-0.15, -0.1) is 0 Å². The van der Waals surface area contributed by atoms with Crippen molar-refractivity contribution in [2.75, 3.05) is 12.4 Å². The molecule has 0 saturated heterocycles. The van der Waals surface area contributed by atoms with Crippen molar-refractivity contribution < 1.29 is 27.6 Å². The molecule has 0 amide bonds. The number of nitro groups is 1. The van der Waals surface area contributed by atoms with Gasteiger partial charge >= 0.3 is 12.1 Å². The fraction of sp³-hybridized carbons (Fsp3) is 0.133. The molecule has 0 atom stereocenters. The molecule has 132 valence electrons. The number of benzene rings is 2. The van der Waals surface area contributed by atoms with E-state index in [0.29, 0.717) is 12.1 Å². The van der Waals surface area contributed by atoms with Crippen LogP contribution in [0.15, 0.2) is 36.4 Å². The number of nitro benzene ring substituents is 1. The monoisotopic (exact) mass is 374 g/mol. The number of methoxy groups -OCH3 is 1. The van der Waals surface area contributed by atoms with Crippen LogP contribution in [0.5, 0.6) is 0 Å². The quantitative estimate of drug-likeness (QED) is 0.472. The topological polar surface area (TPSA) is 81.5 Å². The molecule has 0 aliphatic carbocycles. The van der Waals surface area contributed by atoms with Crippen LogP contribution in [0.3, 0.4) is 0 Å².